The van der Waals surface area contributed by atoms with Gasteiger partial charge in [0.1, 0.15) is 11.6 Å². The molecule has 9 heteroatoms. The second-order valence-electron chi connectivity index (χ2n) is 7.39. The fourth-order valence-corrected chi connectivity index (χ4v) is 3.50. The zero-order valence-electron chi connectivity index (χ0n) is 17.7. The molecule has 2 amide bonds. The van der Waals surface area contributed by atoms with Crippen LogP contribution in [0.2, 0.25) is 0 Å². The summed E-state index contributed by atoms with van der Waals surface area (Å²) in [5.74, 6) is -1.12. The van der Waals surface area contributed by atoms with Crippen molar-refractivity contribution in [1.29, 1.82) is 0 Å². The molecule has 9 nitrogen and oxygen atoms in total. The number of nitrogens with zero attached hydrogens (tertiary/aromatic N) is 1. The molecule has 164 valence electrons. The minimum atomic E-state index is -0.988. The highest BCUT2D eigenvalue weighted by molar-refractivity contribution is 6.05. The summed E-state index contributed by atoms with van der Waals surface area (Å²) in [7, 11) is 0. The van der Waals surface area contributed by atoms with Gasteiger partial charge in [-0.2, -0.15) is 4.98 Å². The van der Waals surface area contributed by atoms with E-state index in [1.54, 1.807) is 24.3 Å². The average Bonchev–Trinajstić information content (AvgIpc) is 2.76. The Hall–Kier alpha value is -4.14. The zero-order valence-corrected chi connectivity index (χ0v) is 17.7. The summed E-state index contributed by atoms with van der Waals surface area (Å²) >= 11 is 0. The first kappa shape index (κ1) is 21.1. The summed E-state index contributed by atoms with van der Waals surface area (Å²) in [5, 5.41) is 8.38. The van der Waals surface area contributed by atoms with Crippen LogP contribution < -0.4 is 26.2 Å². The van der Waals surface area contributed by atoms with Gasteiger partial charge in [-0.05, 0) is 38.1 Å². The van der Waals surface area contributed by atoms with E-state index in [4.69, 9.17) is 4.74 Å². The van der Waals surface area contributed by atoms with E-state index >= 15 is 0 Å². The number of benzene rings is 2. The number of H-pyrrole nitrogens is 1. The van der Waals surface area contributed by atoms with Gasteiger partial charge in [-0.25, -0.2) is 0 Å². The third-order valence-electron chi connectivity index (χ3n) is 5.03. The first-order valence-electron chi connectivity index (χ1n) is 10.2. The number of anilines is 4. The molecule has 0 bridgehead atoms. The highest BCUT2D eigenvalue weighted by Crippen LogP contribution is 2.32. The maximum absolute atomic E-state index is 13.0. The number of aromatic amines is 1. The van der Waals surface area contributed by atoms with Crippen molar-refractivity contribution in [1.82, 2.24) is 9.97 Å². The van der Waals surface area contributed by atoms with Crippen LogP contribution in [-0.2, 0) is 9.59 Å². The maximum Gasteiger partial charge on any atom is 0.258 e. The van der Waals surface area contributed by atoms with Gasteiger partial charge in [0.2, 0.25) is 17.8 Å². The molecule has 0 spiro atoms. The molecule has 0 radical (unpaired) electrons. The Balaban J connectivity index is 1.63. The number of fused-ring (bicyclic) bond motifs is 1. The Bertz CT molecular complexity index is 1220. The number of hydrogen-bond acceptors (Lipinski definition) is 6. The van der Waals surface area contributed by atoms with Crippen LogP contribution >= 0.6 is 0 Å². The van der Waals surface area contributed by atoms with Gasteiger partial charge in [0.25, 0.3) is 5.56 Å². The molecular formula is C23H23N5O4. The summed E-state index contributed by atoms with van der Waals surface area (Å²) in [6.45, 7) is 4.24. The van der Waals surface area contributed by atoms with Gasteiger partial charge in [0, 0.05) is 12.1 Å². The molecule has 2 heterocycles. The second kappa shape index (κ2) is 8.93. The van der Waals surface area contributed by atoms with Crippen molar-refractivity contribution in [2.24, 2.45) is 0 Å². The van der Waals surface area contributed by atoms with Crippen LogP contribution in [-0.4, -0.2) is 28.4 Å². The number of rotatable bonds is 6. The molecule has 1 aliphatic rings. The molecular weight excluding hydrogens is 410 g/mol. The highest BCUT2D eigenvalue weighted by Gasteiger charge is 2.35. The molecule has 0 fully saturated rings. The lowest BCUT2D eigenvalue weighted by Crippen LogP contribution is -2.36. The lowest BCUT2D eigenvalue weighted by atomic mass is 9.92. The summed E-state index contributed by atoms with van der Waals surface area (Å²) in [6.07, 6.45) is -0.162. The molecule has 0 aliphatic carbocycles. The van der Waals surface area contributed by atoms with Crippen LogP contribution in [0, 0.1) is 6.92 Å². The Morgan fingerprint density at radius 2 is 1.91 bits per heavy atom. The smallest absolute Gasteiger partial charge is 0.258 e. The molecule has 3 aromatic rings. The van der Waals surface area contributed by atoms with E-state index in [-0.39, 0.29) is 23.8 Å². The molecule has 2 aromatic carbocycles. The van der Waals surface area contributed by atoms with E-state index < -0.39 is 23.3 Å². The monoisotopic (exact) mass is 433 g/mol. The number of carbonyl (C=O) groups excluding carboxylic acids is 2. The van der Waals surface area contributed by atoms with Crippen LogP contribution in [0.4, 0.5) is 23.1 Å². The van der Waals surface area contributed by atoms with Gasteiger partial charge in [-0.1, -0.05) is 29.8 Å². The van der Waals surface area contributed by atoms with Crippen molar-refractivity contribution in [2.45, 2.75) is 26.2 Å². The Kier molecular flexibility index (Phi) is 5.89. The van der Waals surface area contributed by atoms with Gasteiger partial charge < -0.3 is 20.7 Å². The number of hydrogen-bond donors (Lipinski definition) is 4. The van der Waals surface area contributed by atoms with Crippen molar-refractivity contribution in [3.8, 4) is 5.75 Å². The van der Waals surface area contributed by atoms with E-state index in [2.05, 4.69) is 25.9 Å². The fraction of sp³-hybridized carbons (Fsp3) is 0.217. The van der Waals surface area contributed by atoms with Crippen LogP contribution in [0.25, 0.3) is 0 Å². The number of aryl methyl sites for hydroxylation is 1. The van der Waals surface area contributed by atoms with E-state index in [1.807, 2.05) is 38.1 Å². The van der Waals surface area contributed by atoms with E-state index in [1.165, 1.54) is 0 Å². The predicted molar refractivity (Wildman–Crippen MR) is 122 cm³/mol. The number of amides is 2. The van der Waals surface area contributed by atoms with Gasteiger partial charge >= 0.3 is 0 Å². The first-order chi connectivity index (χ1) is 15.4. The van der Waals surface area contributed by atoms with Gasteiger partial charge in [-0.3, -0.25) is 19.4 Å². The Morgan fingerprint density at radius 1 is 1.16 bits per heavy atom. The lowest BCUT2D eigenvalue weighted by Gasteiger charge is -2.24. The molecule has 1 aromatic heterocycles. The molecule has 0 unspecified atom stereocenters. The van der Waals surface area contributed by atoms with E-state index in [9.17, 15) is 14.4 Å². The Labute approximate surface area is 184 Å². The minimum absolute atomic E-state index is 0.0675. The lowest BCUT2D eigenvalue weighted by molar-refractivity contribution is -0.123. The van der Waals surface area contributed by atoms with Gasteiger partial charge in [-0.15, -0.1) is 0 Å². The largest absolute Gasteiger partial charge is 0.492 e. The molecule has 4 rings (SSSR count). The van der Waals surface area contributed by atoms with Crippen LogP contribution in [0.3, 0.4) is 0 Å². The first-order valence-corrected chi connectivity index (χ1v) is 10.2. The second-order valence-corrected chi connectivity index (χ2v) is 7.39. The predicted octanol–water partition coefficient (Wildman–Crippen LogP) is 3.29. The maximum atomic E-state index is 13.0. The number of para-hydroxylation sites is 2. The van der Waals surface area contributed by atoms with Crippen molar-refractivity contribution in [3.05, 3.63) is 70.0 Å². The molecule has 32 heavy (non-hydrogen) atoms. The van der Waals surface area contributed by atoms with E-state index in [0.29, 0.717) is 18.0 Å². The van der Waals surface area contributed by atoms with Gasteiger partial charge in [0.15, 0.2) is 0 Å². The van der Waals surface area contributed by atoms with E-state index in [0.717, 1.165) is 11.3 Å². The number of carbonyl (C=O) groups is 2. The molecule has 1 atom stereocenters. The standard InChI is InChI=1S/C23H23N5O4/c1-3-32-17-7-5-4-6-16(17)25-21(30)15-12-18(29)26-20-19(15)22(31)28-23(27-20)24-14-10-8-13(2)9-11-14/h4-11,15H,3,12H2,1-2H3,(H,25,30)(H3,24,26,27,28,29,31)/t15-/m1/s1. The number of nitrogens with one attached hydrogen (secondary N) is 4. The summed E-state index contributed by atoms with van der Waals surface area (Å²) < 4.78 is 5.54. The quantitative estimate of drug-likeness (QED) is 0.473. The van der Waals surface area contributed by atoms with Crippen molar-refractivity contribution in [3.63, 3.8) is 0 Å². The Morgan fingerprint density at radius 3 is 2.66 bits per heavy atom. The van der Waals surface area contributed by atoms with Crippen LogP contribution in [0.5, 0.6) is 5.75 Å². The third-order valence-corrected chi connectivity index (χ3v) is 5.03. The zero-order chi connectivity index (χ0) is 22.7. The highest BCUT2D eigenvalue weighted by atomic mass is 16.5. The van der Waals surface area contributed by atoms with Crippen LogP contribution in [0.1, 0.15) is 30.4 Å². The molecule has 0 saturated heterocycles. The summed E-state index contributed by atoms with van der Waals surface area (Å²) in [5.41, 5.74) is 1.90. The average molecular weight is 433 g/mol. The minimum Gasteiger partial charge on any atom is -0.492 e. The normalized spacial score (nSPS) is 14.8. The third kappa shape index (κ3) is 4.46. The molecule has 0 saturated carbocycles. The van der Waals surface area contributed by atoms with Crippen LogP contribution in [0.15, 0.2) is 53.3 Å². The van der Waals surface area contributed by atoms with Crippen molar-refractivity contribution >= 4 is 35.0 Å². The fourth-order valence-electron chi connectivity index (χ4n) is 3.50. The molecule has 4 N–H and O–H groups in total. The number of aromatic nitrogens is 2. The summed E-state index contributed by atoms with van der Waals surface area (Å²) in [6, 6.07) is 14.5. The van der Waals surface area contributed by atoms with Crippen molar-refractivity contribution in [2.75, 3.05) is 22.6 Å². The topological polar surface area (TPSA) is 125 Å². The van der Waals surface area contributed by atoms with Gasteiger partial charge in [0.05, 0.1) is 23.8 Å². The number of ether oxygens (including phenoxy) is 1. The van der Waals surface area contributed by atoms with Crippen molar-refractivity contribution < 1.29 is 14.3 Å². The summed E-state index contributed by atoms with van der Waals surface area (Å²) in [4.78, 5) is 45.2. The molecule has 1 aliphatic heterocycles. The SMILES string of the molecule is CCOc1ccccc1NC(=O)[C@@H]1CC(=O)Nc2nc(Nc3ccc(C)cc3)[nH]c(=O)c21.